The number of primary amides is 2. The Kier molecular flexibility index (Phi) is 39.6. The van der Waals surface area contributed by atoms with Crippen molar-refractivity contribution in [1.82, 2.24) is 63.0 Å². The van der Waals surface area contributed by atoms with Gasteiger partial charge in [-0.1, -0.05) is 90.4 Å². The standard InChI is InChI=1S/C71H110N16O21/c1-38(2)15-12-18-44-32-57(93)77-53(37-89)68(104)83-51(34-56(75)92)67(103)85-52(36-88)61(97)76-35-58(94)86(7)54(31-41-16-10-9-11-17-41)69(105)84-48(29-39(3)4)64(100)78-45(19-13-27-72)62(98)79-46(25-26-59(95)96)63(99)82-50(33-55(74)91)66(102)81-49(30-42-21-23-43(90)24-22-42)65(101)80-47(20-14-28-73)70(106)87(8)60(40(5)6)71(107)108-44/h9-11,16-17,21-24,38-40,44-54,60,88-90H,12-15,18-20,25-37,72-73H2,1-8H3,(H2,74,91)(H2,75,92)(H,76,97)(H,77,93)(H,78,100)(H,79,98)(H,80,101)(H,81,102)(H,82,99)(H,83,104)(H,84,105)(H,85,103)(H,95,96)/t44-,45-,46+,47-,48+,49-,50-,51-,52+,53+,54-,60+/m1/s1. The third-order valence-electron chi connectivity index (χ3n) is 17.5. The quantitative estimate of drug-likeness (QED) is 0.0393. The van der Waals surface area contributed by atoms with Crippen LogP contribution in [0.4, 0.5) is 0 Å². The van der Waals surface area contributed by atoms with Gasteiger partial charge < -0.3 is 111 Å². The molecule has 0 saturated carbocycles. The fourth-order valence-corrected chi connectivity index (χ4v) is 11.6. The predicted molar refractivity (Wildman–Crippen MR) is 388 cm³/mol. The number of ether oxygens (including phenoxy) is 1. The maximum Gasteiger partial charge on any atom is 0.329 e. The zero-order valence-corrected chi connectivity index (χ0v) is 62.4. The van der Waals surface area contributed by atoms with Crippen LogP contribution < -0.4 is 76.1 Å². The van der Waals surface area contributed by atoms with Gasteiger partial charge in [0.2, 0.25) is 82.7 Å². The van der Waals surface area contributed by atoms with Crippen molar-refractivity contribution in [2.24, 2.45) is 40.7 Å². The van der Waals surface area contributed by atoms with Gasteiger partial charge in [0.1, 0.15) is 78.3 Å². The molecule has 0 unspecified atom stereocenters. The summed E-state index contributed by atoms with van der Waals surface area (Å²) in [5, 5.41) is 64.8. The number of aliphatic hydroxyl groups excluding tert-OH is 2. The Morgan fingerprint density at radius 1 is 0.509 bits per heavy atom. The first-order chi connectivity index (χ1) is 50.9. The van der Waals surface area contributed by atoms with E-state index in [1.807, 2.05) is 13.8 Å². The summed E-state index contributed by atoms with van der Waals surface area (Å²) in [5.74, 6) is -19.1. The minimum atomic E-state index is -1.99. The number of phenolic OH excluding ortho intramolecular Hbond substituents is 1. The van der Waals surface area contributed by atoms with Gasteiger partial charge in [0.05, 0.1) is 39.0 Å². The molecule has 2 aromatic carbocycles. The number of nitrogens with one attached hydrogen (secondary N) is 10. The number of hydrogen-bond acceptors (Lipinski definition) is 22. The summed E-state index contributed by atoms with van der Waals surface area (Å²) in [6, 6.07) is -5.21. The van der Waals surface area contributed by atoms with Gasteiger partial charge in [0.15, 0.2) is 0 Å². The molecule has 14 amide bonds. The molecule has 22 N–H and O–H groups in total. The third kappa shape index (κ3) is 32.0. The number of nitrogens with zero attached hydrogens (tertiary/aromatic N) is 2. The largest absolute Gasteiger partial charge is 0.508 e. The number of cyclic esters (lactones) is 1. The number of rotatable bonds is 26. The summed E-state index contributed by atoms with van der Waals surface area (Å²) >= 11 is 0. The Labute approximate surface area is 626 Å². The van der Waals surface area contributed by atoms with Crippen molar-refractivity contribution in [3.05, 3.63) is 65.7 Å². The van der Waals surface area contributed by atoms with Crippen molar-refractivity contribution in [3.8, 4) is 5.75 Å². The number of esters is 1. The number of likely N-dealkylation sites (N-methyl/N-ethyl adjacent to an activating group) is 2. The number of carbonyl (C=O) groups excluding carboxylic acids is 15. The SMILES string of the molecule is CC(C)CCC[C@@H]1CC(=O)N[C@@H](CO)C(=O)N[C@H](CC(N)=O)C(=O)N[C@@H](CO)C(=O)NCC(=O)N(C)[C@H](Cc2ccccc2)C(=O)N[C@@H](CC(C)C)C(=O)N[C@H](CCCN)C(=O)N[C@@H](CCC(=O)O)C(=O)N[C@H](CC(N)=O)C(=O)N[C@H](Cc2ccc(O)cc2)C(=O)N[C@H](CCCN)C(=O)N(C)[C@@H](C(C)C)C(=O)O1. The number of aliphatic hydroxyl groups is 2. The molecule has 0 aromatic heterocycles. The molecule has 0 aliphatic carbocycles. The molecule has 108 heavy (non-hydrogen) atoms. The van der Waals surface area contributed by atoms with Crippen LogP contribution in [0, 0.1) is 17.8 Å². The van der Waals surface area contributed by atoms with Crippen LogP contribution in [0.2, 0.25) is 0 Å². The van der Waals surface area contributed by atoms with Gasteiger partial charge in [-0.25, -0.2) is 4.79 Å². The molecule has 0 spiro atoms. The minimum Gasteiger partial charge on any atom is -0.508 e. The zero-order valence-electron chi connectivity index (χ0n) is 62.4. The predicted octanol–water partition coefficient (Wildman–Crippen LogP) is -4.77. The van der Waals surface area contributed by atoms with Crippen molar-refractivity contribution in [3.63, 3.8) is 0 Å². The minimum absolute atomic E-state index is 0.0247. The highest BCUT2D eigenvalue weighted by Gasteiger charge is 2.41. The highest BCUT2D eigenvalue weighted by molar-refractivity contribution is 6.01. The first kappa shape index (κ1) is 91.8. The highest BCUT2D eigenvalue weighted by atomic mass is 16.5. The van der Waals surface area contributed by atoms with E-state index in [1.54, 1.807) is 58.0 Å². The second kappa shape index (κ2) is 46.6. The average Bonchev–Trinajstić information content (AvgIpc) is 0.825. The number of carboxylic acid groups (broad SMARTS) is 1. The van der Waals surface area contributed by atoms with Crippen LogP contribution in [0.1, 0.15) is 136 Å². The second-order valence-corrected chi connectivity index (χ2v) is 27.8. The van der Waals surface area contributed by atoms with Crippen molar-refractivity contribution >= 4 is 94.6 Å². The van der Waals surface area contributed by atoms with Gasteiger partial charge >= 0.3 is 11.9 Å². The Bertz CT molecular complexity index is 3400. The van der Waals surface area contributed by atoms with E-state index < -0.39 is 231 Å². The number of carboxylic acids is 1. The van der Waals surface area contributed by atoms with E-state index in [-0.39, 0.29) is 75.6 Å². The molecule has 1 saturated heterocycles. The summed E-state index contributed by atoms with van der Waals surface area (Å²) < 4.78 is 6.00. The Morgan fingerprint density at radius 3 is 1.47 bits per heavy atom. The molecule has 1 heterocycles. The molecule has 1 aliphatic heterocycles. The maximum atomic E-state index is 14.9. The maximum absolute atomic E-state index is 14.9. The number of aromatic hydroxyl groups is 1. The van der Waals surface area contributed by atoms with E-state index in [1.165, 1.54) is 38.4 Å². The van der Waals surface area contributed by atoms with Crippen LogP contribution in [0.3, 0.4) is 0 Å². The molecule has 12 atom stereocenters. The van der Waals surface area contributed by atoms with Crippen LogP contribution in [0.15, 0.2) is 54.6 Å². The van der Waals surface area contributed by atoms with Gasteiger partial charge in [-0.2, -0.15) is 0 Å². The fraction of sp³-hybridized carbons (Fsp3) is 0.606. The number of phenols is 1. The lowest BCUT2D eigenvalue weighted by Crippen LogP contribution is -2.61. The number of nitrogens with two attached hydrogens (primary N) is 4. The third-order valence-corrected chi connectivity index (χ3v) is 17.5. The molecule has 0 bridgehead atoms. The summed E-state index contributed by atoms with van der Waals surface area (Å²) in [6.07, 6.45) is -5.31. The van der Waals surface area contributed by atoms with E-state index in [2.05, 4.69) is 53.2 Å². The van der Waals surface area contributed by atoms with Gasteiger partial charge in [0.25, 0.3) is 0 Å². The lowest BCUT2D eigenvalue weighted by Gasteiger charge is -2.34. The second-order valence-electron chi connectivity index (χ2n) is 27.8. The summed E-state index contributed by atoms with van der Waals surface area (Å²) in [6.45, 7) is 7.14. The van der Waals surface area contributed by atoms with E-state index in [0.29, 0.717) is 24.0 Å². The molecule has 37 nitrogen and oxygen atoms in total. The molecule has 37 heteroatoms. The number of aliphatic carboxylic acids is 1. The smallest absolute Gasteiger partial charge is 0.329 e. The van der Waals surface area contributed by atoms with Crippen LogP contribution in [0.25, 0.3) is 0 Å². The topological polar surface area (TPSA) is 594 Å². The van der Waals surface area contributed by atoms with Crippen LogP contribution in [-0.2, 0) is 94.3 Å². The number of carbonyl (C=O) groups is 16. The monoisotopic (exact) mass is 1520 g/mol. The molecule has 1 aliphatic rings. The Balaban J connectivity index is 2.31. The van der Waals surface area contributed by atoms with Gasteiger partial charge in [0, 0.05) is 33.4 Å². The van der Waals surface area contributed by atoms with Crippen molar-refractivity contribution in [2.45, 2.75) is 210 Å². The van der Waals surface area contributed by atoms with Gasteiger partial charge in [-0.3, -0.25) is 71.9 Å². The Hall–Kier alpha value is -10.4. The highest BCUT2D eigenvalue weighted by Crippen LogP contribution is 2.21. The van der Waals surface area contributed by atoms with Crippen LogP contribution in [-0.4, -0.2) is 244 Å². The van der Waals surface area contributed by atoms with Crippen LogP contribution in [0.5, 0.6) is 5.75 Å². The zero-order chi connectivity index (χ0) is 81.1. The molecule has 2 aromatic rings. The molecular formula is C71H110N16O21. The van der Waals surface area contributed by atoms with E-state index in [0.717, 1.165) is 9.80 Å². The Morgan fingerprint density at radius 2 is 0.963 bits per heavy atom. The molecule has 600 valence electrons. The molecule has 3 rings (SSSR count). The first-order valence-electron chi connectivity index (χ1n) is 35.9. The average molecular weight is 1520 g/mol. The van der Waals surface area contributed by atoms with Gasteiger partial charge in [-0.05, 0) is 105 Å². The number of hydrogen-bond donors (Lipinski definition) is 18. The molecular weight excluding hydrogens is 1410 g/mol. The normalized spacial score (nSPS) is 24.2. The number of benzene rings is 2. The first-order valence-corrected chi connectivity index (χ1v) is 35.9. The van der Waals surface area contributed by atoms with Crippen molar-refractivity contribution in [2.75, 3.05) is 46.9 Å². The fourth-order valence-electron chi connectivity index (χ4n) is 11.6. The lowest BCUT2D eigenvalue weighted by molar-refractivity contribution is -0.162. The molecule has 1 fully saturated rings. The molecule has 0 radical (unpaired) electrons. The van der Waals surface area contributed by atoms with E-state index in [9.17, 15) is 97.1 Å². The lowest BCUT2D eigenvalue weighted by atomic mass is 9.99. The summed E-state index contributed by atoms with van der Waals surface area (Å²) in [4.78, 5) is 226. The summed E-state index contributed by atoms with van der Waals surface area (Å²) in [7, 11) is 2.45. The van der Waals surface area contributed by atoms with E-state index in [4.69, 9.17) is 27.7 Å². The number of amides is 14. The van der Waals surface area contributed by atoms with Crippen molar-refractivity contribution < 1.29 is 102 Å². The van der Waals surface area contributed by atoms with E-state index >= 15 is 0 Å². The van der Waals surface area contributed by atoms with Crippen LogP contribution >= 0.6 is 0 Å². The van der Waals surface area contributed by atoms with Crippen molar-refractivity contribution in [1.29, 1.82) is 0 Å². The summed E-state index contributed by atoms with van der Waals surface area (Å²) in [5.41, 5.74) is 23.7. The van der Waals surface area contributed by atoms with Gasteiger partial charge in [-0.15, -0.1) is 0 Å².